The van der Waals surface area contributed by atoms with E-state index in [1.165, 1.54) is 4.90 Å². The Morgan fingerprint density at radius 1 is 1.38 bits per heavy atom. The van der Waals surface area contributed by atoms with Crippen molar-refractivity contribution in [2.24, 2.45) is 0 Å². The maximum atomic E-state index is 11.4. The molecule has 5 nitrogen and oxygen atoms in total. The van der Waals surface area contributed by atoms with Crippen molar-refractivity contribution in [3.8, 4) is 0 Å². The van der Waals surface area contributed by atoms with E-state index in [0.29, 0.717) is 13.1 Å². The number of benzene rings is 1. The Labute approximate surface area is 124 Å². The fraction of sp³-hybridized carbons (Fsp3) is 0.375. The number of rotatable bonds is 7. The highest BCUT2D eigenvalue weighted by molar-refractivity contribution is 5.65. The highest BCUT2D eigenvalue weighted by Crippen LogP contribution is 2.16. The summed E-state index contributed by atoms with van der Waals surface area (Å²) >= 11 is 0. The van der Waals surface area contributed by atoms with Gasteiger partial charge in [-0.3, -0.25) is 0 Å². The number of amides is 1. The molecule has 2 rings (SSSR count). The van der Waals surface area contributed by atoms with Crippen LogP contribution >= 0.6 is 0 Å². The molecular formula is C16H21N3O2. The van der Waals surface area contributed by atoms with Gasteiger partial charge in [0.2, 0.25) is 0 Å². The van der Waals surface area contributed by atoms with Crippen molar-refractivity contribution in [2.45, 2.75) is 25.7 Å². The molecule has 21 heavy (non-hydrogen) atoms. The lowest BCUT2D eigenvalue weighted by molar-refractivity contribution is 0.142. The van der Waals surface area contributed by atoms with Crippen LogP contribution in [-0.2, 0) is 6.42 Å². The molecule has 0 saturated heterocycles. The molecule has 1 heterocycles. The lowest BCUT2D eigenvalue weighted by Crippen LogP contribution is -2.34. The molecule has 5 heteroatoms. The van der Waals surface area contributed by atoms with E-state index in [9.17, 15) is 9.90 Å². The number of hydrogen-bond donors (Lipinski definition) is 2. The minimum Gasteiger partial charge on any atom is -0.465 e. The van der Waals surface area contributed by atoms with Crippen molar-refractivity contribution in [1.29, 1.82) is 0 Å². The standard InChI is InChI=1S/C16H21N3O2/c1-13(14-6-3-2-4-7-14)11-19(16(20)21)9-5-8-15-10-17-12-18-15/h2-4,6-7,10,12-13H,5,8-9,11H2,1H3,(H,17,18)(H,20,21). The average Bonchev–Trinajstić information content (AvgIpc) is 3.00. The van der Waals surface area contributed by atoms with E-state index < -0.39 is 6.09 Å². The van der Waals surface area contributed by atoms with E-state index in [4.69, 9.17) is 0 Å². The van der Waals surface area contributed by atoms with Gasteiger partial charge in [-0.2, -0.15) is 0 Å². The van der Waals surface area contributed by atoms with Crippen LogP contribution in [0.5, 0.6) is 0 Å². The summed E-state index contributed by atoms with van der Waals surface area (Å²) in [7, 11) is 0. The summed E-state index contributed by atoms with van der Waals surface area (Å²) in [6.45, 7) is 3.11. The molecule has 0 aliphatic carbocycles. The second kappa shape index (κ2) is 7.47. The largest absolute Gasteiger partial charge is 0.465 e. The van der Waals surface area contributed by atoms with Gasteiger partial charge in [-0.1, -0.05) is 37.3 Å². The van der Waals surface area contributed by atoms with Gasteiger partial charge in [-0.15, -0.1) is 0 Å². The number of hydrogen-bond acceptors (Lipinski definition) is 2. The molecule has 1 aromatic heterocycles. The molecule has 112 valence electrons. The van der Waals surface area contributed by atoms with E-state index in [0.717, 1.165) is 24.1 Å². The highest BCUT2D eigenvalue weighted by atomic mass is 16.4. The molecule has 0 radical (unpaired) electrons. The molecule has 0 spiro atoms. The van der Waals surface area contributed by atoms with Gasteiger partial charge in [-0.25, -0.2) is 9.78 Å². The van der Waals surface area contributed by atoms with Crippen molar-refractivity contribution < 1.29 is 9.90 Å². The number of aryl methyl sites for hydroxylation is 1. The Hall–Kier alpha value is -2.30. The summed E-state index contributed by atoms with van der Waals surface area (Å²) in [5.41, 5.74) is 2.20. The highest BCUT2D eigenvalue weighted by Gasteiger charge is 2.16. The fourth-order valence-electron chi connectivity index (χ4n) is 2.36. The first-order valence-electron chi connectivity index (χ1n) is 7.17. The zero-order chi connectivity index (χ0) is 15.1. The van der Waals surface area contributed by atoms with E-state index in [1.54, 1.807) is 12.5 Å². The number of carboxylic acid groups (broad SMARTS) is 1. The van der Waals surface area contributed by atoms with Crippen molar-refractivity contribution in [3.05, 3.63) is 54.1 Å². The maximum Gasteiger partial charge on any atom is 0.407 e. The summed E-state index contributed by atoms with van der Waals surface area (Å²) in [5.74, 6) is 0.189. The lowest BCUT2D eigenvalue weighted by Gasteiger charge is -2.23. The second-order valence-corrected chi connectivity index (χ2v) is 5.22. The monoisotopic (exact) mass is 287 g/mol. The molecule has 2 N–H and O–H groups in total. The van der Waals surface area contributed by atoms with Crippen LogP contribution in [0.3, 0.4) is 0 Å². The van der Waals surface area contributed by atoms with Gasteiger partial charge >= 0.3 is 6.09 Å². The third-order valence-electron chi connectivity index (χ3n) is 3.56. The van der Waals surface area contributed by atoms with Crippen LogP contribution in [-0.4, -0.2) is 39.2 Å². The molecule has 0 fully saturated rings. The number of nitrogens with one attached hydrogen (secondary N) is 1. The van der Waals surface area contributed by atoms with E-state index >= 15 is 0 Å². The second-order valence-electron chi connectivity index (χ2n) is 5.22. The summed E-state index contributed by atoms with van der Waals surface area (Å²) in [6.07, 6.45) is 4.15. The smallest absolute Gasteiger partial charge is 0.407 e. The normalized spacial score (nSPS) is 12.0. The predicted molar refractivity (Wildman–Crippen MR) is 81.4 cm³/mol. The number of H-pyrrole nitrogens is 1. The number of aromatic amines is 1. The Balaban J connectivity index is 1.85. The predicted octanol–water partition coefficient (Wildman–Crippen LogP) is 3.13. The first-order chi connectivity index (χ1) is 10.2. The zero-order valence-electron chi connectivity index (χ0n) is 12.2. The third kappa shape index (κ3) is 4.63. The maximum absolute atomic E-state index is 11.4. The van der Waals surface area contributed by atoms with Gasteiger partial charge in [0.1, 0.15) is 0 Å². The van der Waals surface area contributed by atoms with Crippen LogP contribution in [0.15, 0.2) is 42.9 Å². The minimum atomic E-state index is -0.859. The summed E-state index contributed by atoms with van der Waals surface area (Å²) in [5, 5.41) is 9.33. The van der Waals surface area contributed by atoms with Gasteiger partial charge in [0.05, 0.1) is 6.33 Å². The van der Waals surface area contributed by atoms with Gasteiger partial charge < -0.3 is 15.0 Å². The molecule has 1 amide bonds. The van der Waals surface area contributed by atoms with Crippen LogP contribution in [0.4, 0.5) is 4.79 Å². The zero-order valence-corrected chi connectivity index (χ0v) is 12.2. The quantitative estimate of drug-likeness (QED) is 0.822. The molecule has 1 aromatic carbocycles. The van der Waals surface area contributed by atoms with Gasteiger partial charge in [0.15, 0.2) is 0 Å². The number of nitrogens with zero attached hydrogens (tertiary/aromatic N) is 2. The minimum absolute atomic E-state index is 0.189. The van der Waals surface area contributed by atoms with Crippen molar-refractivity contribution in [1.82, 2.24) is 14.9 Å². The van der Waals surface area contributed by atoms with Crippen LogP contribution in [0.1, 0.15) is 30.5 Å². The molecule has 1 unspecified atom stereocenters. The van der Waals surface area contributed by atoms with E-state index in [2.05, 4.69) is 16.9 Å². The summed E-state index contributed by atoms with van der Waals surface area (Å²) in [4.78, 5) is 19.8. The summed E-state index contributed by atoms with van der Waals surface area (Å²) in [6, 6.07) is 10.0. The molecule has 0 bridgehead atoms. The van der Waals surface area contributed by atoms with E-state index in [-0.39, 0.29) is 5.92 Å². The van der Waals surface area contributed by atoms with Gasteiger partial charge in [-0.05, 0) is 24.3 Å². The van der Waals surface area contributed by atoms with Crippen LogP contribution in [0.2, 0.25) is 0 Å². The molecule has 1 atom stereocenters. The first-order valence-corrected chi connectivity index (χ1v) is 7.17. The van der Waals surface area contributed by atoms with E-state index in [1.807, 2.05) is 30.3 Å². The molecule has 2 aromatic rings. The summed E-state index contributed by atoms with van der Waals surface area (Å²) < 4.78 is 0. The van der Waals surface area contributed by atoms with Crippen LogP contribution in [0, 0.1) is 0 Å². The van der Waals surface area contributed by atoms with Crippen LogP contribution < -0.4 is 0 Å². The molecule has 0 saturated carbocycles. The van der Waals surface area contributed by atoms with Crippen molar-refractivity contribution in [2.75, 3.05) is 13.1 Å². The number of imidazole rings is 1. The lowest BCUT2D eigenvalue weighted by atomic mass is 10.0. The SMILES string of the molecule is CC(CN(CCCc1cnc[nH]1)C(=O)O)c1ccccc1. The molecule has 0 aliphatic rings. The average molecular weight is 287 g/mol. The number of aromatic nitrogens is 2. The Bertz CT molecular complexity index is 540. The molecular weight excluding hydrogens is 266 g/mol. The van der Waals surface area contributed by atoms with Crippen molar-refractivity contribution >= 4 is 6.09 Å². The first kappa shape index (κ1) is 15.1. The van der Waals surface area contributed by atoms with Crippen molar-refractivity contribution in [3.63, 3.8) is 0 Å². The molecule has 0 aliphatic heterocycles. The Morgan fingerprint density at radius 2 is 2.14 bits per heavy atom. The number of carbonyl (C=O) groups is 1. The topological polar surface area (TPSA) is 69.2 Å². The third-order valence-corrected chi connectivity index (χ3v) is 3.56. The van der Waals surface area contributed by atoms with Crippen LogP contribution in [0.25, 0.3) is 0 Å². The van der Waals surface area contributed by atoms with Gasteiger partial charge in [0, 0.05) is 25.0 Å². The fourth-order valence-corrected chi connectivity index (χ4v) is 2.36. The Kier molecular flexibility index (Phi) is 5.37. The Morgan fingerprint density at radius 3 is 2.76 bits per heavy atom. The van der Waals surface area contributed by atoms with Gasteiger partial charge in [0.25, 0.3) is 0 Å².